The van der Waals surface area contributed by atoms with Crippen LogP contribution in [0.4, 0.5) is 0 Å². The van der Waals surface area contributed by atoms with Gasteiger partial charge in [-0.25, -0.2) is 4.52 Å². The first kappa shape index (κ1) is 12.9. The highest BCUT2D eigenvalue weighted by Crippen LogP contribution is 2.22. The first-order chi connectivity index (χ1) is 9.54. The number of aromatic nitrogens is 3. The fourth-order valence-electron chi connectivity index (χ4n) is 2.20. The maximum absolute atomic E-state index is 11.7. The Balaban J connectivity index is 2.22. The average Bonchev–Trinajstić information content (AvgIpc) is 2.81. The number of rotatable bonds is 2. The van der Waals surface area contributed by atoms with Gasteiger partial charge in [-0.3, -0.25) is 4.79 Å². The normalized spacial score (nSPS) is 11.4. The lowest BCUT2D eigenvalue weighted by molar-refractivity contribution is 0.747. The zero-order chi connectivity index (χ0) is 14.3. The van der Waals surface area contributed by atoms with Gasteiger partial charge in [-0.05, 0) is 18.1 Å². The third-order valence-electron chi connectivity index (χ3n) is 3.22. The molecule has 0 unspecified atom stereocenters. The molecule has 4 nitrogen and oxygen atoms in total. The largest absolute Gasteiger partial charge is 0.307 e. The Kier molecular flexibility index (Phi) is 3.10. The summed E-state index contributed by atoms with van der Waals surface area (Å²) in [5.74, 6) is 0.220. The molecule has 2 heterocycles. The van der Waals surface area contributed by atoms with Gasteiger partial charge in [0.15, 0.2) is 0 Å². The van der Waals surface area contributed by atoms with Gasteiger partial charge in [0.25, 0.3) is 5.56 Å². The van der Waals surface area contributed by atoms with Crippen LogP contribution < -0.4 is 5.56 Å². The molecule has 0 aliphatic heterocycles. The van der Waals surface area contributed by atoms with Gasteiger partial charge >= 0.3 is 0 Å². The minimum Gasteiger partial charge on any atom is -0.307 e. The number of nitrogens with one attached hydrogen (secondary N) is 1. The predicted molar refractivity (Wildman–Crippen MR) is 80.3 cm³/mol. The summed E-state index contributed by atoms with van der Waals surface area (Å²) in [6.45, 7) is 4.08. The predicted octanol–water partition coefficient (Wildman–Crippen LogP) is 3.47. The van der Waals surface area contributed by atoms with E-state index in [0.717, 1.165) is 17.0 Å². The van der Waals surface area contributed by atoms with Crippen LogP contribution in [0.1, 0.15) is 25.5 Å². The van der Waals surface area contributed by atoms with Crippen LogP contribution in [0.15, 0.2) is 41.2 Å². The molecule has 1 N–H and O–H groups in total. The second-order valence-corrected chi connectivity index (χ2v) is 5.48. The van der Waals surface area contributed by atoms with Gasteiger partial charge < -0.3 is 4.98 Å². The number of H-pyrrole nitrogens is 1. The zero-order valence-corrected chi connectivity index (χ0v) is 12.0. The third-order valence-corrected chi connectivity index (χ3v) is 3.47. The number of aromatic amines is 1. The molecule has 20 heavy (non-hydrogen) atoms. The average molecular weight is 288 g/mol. The van der Waals surface area contributed by atoms with Crippen molar-refractivity contribution in [3.05, 3.63) is 57.5 Å². The molecule has 5 heteroatoms. The second kappa shape index (κ2) is 4.80. The van der Waals surface area contributed by atoms with Crippen LogP contribution in [0.25, 0.3) is 16.9 Å². The molecule has 0 bridgehead atoms. The van der Waals surface area contributed by atoms with Gasteiger partial charge in [-0.2, -0.15) is 5.10 Å². The summed E-state index contributed by atoms with van der Waals surface area (Å²) in [4.78, 5) is 14.5. The van der Waals surface area contributed by atoms with Crippen molar-refractivity contribution in [1.82, 2.24) is 14.6 Å². The van der Waals surface area contributed by atoms with E-state index < -0.39 is 0 Å². The van der Waals surface area contributed by atoms with Crippen LogP contribution in [-0.4, -0.2) is 14.6 Å². The molecule has 0 aliphatic rings. The molecule has 3 aromatic rings. The van der Waals surface area contributed by atoms with Crippen molar-refractivity contribution in [1.29, 1.82) is 0 Å². The molecule has 2 aromatic heterocycles. The highest BCUT2D eigenvalue weighted by atomic mass is 35.5. The van der Waals surface area contributed by atoms with E-state index in [9.17, 15) is 4.79 Å². The van der Waals surface area contributed by atoms with Crippen LogP contribution in [-0.2, 0) is 0 Å². The lowest BCUT2D eigenvalue weighted by atomic mass is 10.1. The van der Waals surface area contributed by atoms with E-state index in [0.29, 0.717) is 10.7 Å². The fourth-order valence-corrected chi connectivity index (χ4v) is 2.32. The highest BCUT2D eigenvalue weighted by molar-refractivity contribution is 6.30. The standard InChI is InChI=1S/C15H14ClN3O/c1-9(2)13-8-15(20)17-14-7-12(18-19(13)14)10-3-5-11(16)6-4-10/h3-9H,1-2H3,(H,17,20). The van der Waals surface area contributed by atoms with Crippen molar-refractivity contribution >= 4 is 17.2 Å². The van der Waals surface area contributed by atoms with Gasteiger partial charge in [0.05, 0.1) is 11.4 Å². The van der Waals surface area contributed by atoms with Crippen LogP contribution in [0.2, 0.25) is 5.02 Å². The van der Waals surface area contributed by atoms with Crippen molar-refractivity contribution in [3.8, 4) is 11.3 Å². The molecule has 0 aliphatic carbocycles. The smallest absolute Gasteiger partial charge is 0.251 e. The van der Waals surface area contributed by atoms with Crippen molar-refractivity contribution in [3.63, 3.8) is 0 Å². The minimum atomic E-state index is -0.108. The van der Waals surface area contributed by atoms with Gasteiger partial charge in [0.2, 0.25) is 0 Å². The van der Waals surface area contributed by atoms with E-state index in [-0.39, 0.29) is 11.5 Å². The number of hydrogen-bond donors (Lipinski definition) is 1. The monoisotopic (exact) mass is 287 g/mol. The summed E-state index contributed by atoms with van der Waals surface area (Å²) in [6.07, 6.45) is 0. The van der Waals surface area contributed by atoms with Crippen LogP contribution in [0, 0.1) is 0 Å². The summed E-state index contributed by atoms with van der Waals surface area (Å²) in [5.41, 5.74) is 3.26. The Morgan fingerprint density at radius 2 is 1.90 bits per heavy atom. The van der Waals surface area contributed by atoms with E-state index in [1.54, 1.807) is 10.6 Å². The molecule has 0 fully saturated rings. The molecule has 0 spiro atoms. The third kappa shape index (κ3) is 2.23. The van der Waals surface area contributed by atoms with Gasteiger partial charge in [-0.15, -0.1) is 0 Å². The maximum Gasteiger partial charge on any atom is 0.251 e. The Labute approximate surface area is 121 Å². The maximum atomic E-state index is 11.7. The van der Waals surface area contributed by atoms with E-state index >= 15 is 0 Å². The Morgan fingerprint density at radius 3 is 2.55 bits per heavy atom. The second-order valence-electron chi connectivity index (χ2n) is 5.05. The Morgan fingerprint density at radius 1 is 1.20 bits per heavy atom. The van der Waals surface area contributed by atoms with Crippen molar-refractivity contribution in [2.24, 2.45) is 0 Å². The van der Waals surface area contributed by atoms with E-state index in [2.05, 4.69) is 10.1 Å². The van der Waals surface area contributed by atoms with Gasteiger partial charge in [-0.1, -0.05) is 37.6 Å². The molecular weight excluding hydrogens is 274 g/mol. The number of halogens is 1. The van der Waals surface area contributed by atoms with Gasteiger partial charge in [0, 0.05) is 22.7 Å². The van der Waals surface area contributed by atoms with Gasteiger partial charge in [0.1, 0.15) is 5.65 Å². The SMILES string of the molecule is CC(C)c1cc(=O)[nH]c2cc(-c3ccc(Cl)cc3)nn12. The van der Waals surface area contributed by atoms with Crippen molar-refractivity contribution in [2.75, 3.05) is 0 Å². The molecule has 102 valence electrons. The number of nitrogens with zero attached hydrogens (tertiary/aromatic N) is 2. The molecule has 1 aromatic carbocycles. The lowest BCUT2D eigenvalue weighted by Crippen LogP contribution is -2.12. The van der Waals surface area contributed by atoms with Crippen LogP contribution in [0.3, 0.4) is 0 Å². The van der Waals surface area contributed by atoms with E-state index in [1.165, 1.54) is 0 Å². The lowest BCUT2D eigenvalue weighted by Gasteiger charge is -2.06. The highest BCUT2D eigenvalue weighted by Gasteiger charge is 2.11. The number of fused-ring (bicyclic) bond motifs is 1. The number of hydrogen-bond acceptors (Lipinski definition) is 2. The molecule has 0 saturated heterocycles. The molecule has 3 rings (SSSR count). The molecule has 0 amide bonds. The zero-order valence-electron chi connectivity index (χ0n) is 11.2. The molecule has 0 saturated carbocycles. The molecular formula is C15H14ClN3O. The first-order valence-electron chi connectivity index (χ1n) is 6.43. The summed E-state index contributed by atoms with van der Waals surface area (Å²) in [7, 11) is 0. The summed E-state index contributed by atoms with van der Waals surface area (Å²) in [5, 5.41) is 5.27. The summed E-state index contributed by atoms with van der Waals surface area (Å²) < 4.78 is 1.79. The van der Waals surface area contributed by atoms with Crippen molar-refractivity contribution in [2.45, 2.75) is 19.8 Å². The van der Waals surface area contributed by atoms with Crippen molar-refractivity contribution < 1.29 is 0 Å². The summed E-state index contributed by atoms with van der Waals surface area (Å²) in [6, 6.07) is 10.9. The van der Waals surface area contributed by atoms with E-state index in [1.807, 2.05) is 44.2 Å². The molecule has 0 atom stereocenters. The van der Waals surface area contributed by atoms with E-state index in [4.69, 9.17) is 11.6 Å². The molecule has 0 radical (unpaired) electrons. The Hall–Kier alpha value is -2.07. The summed E-state index contributed by atoms with van der Waals surface area (Å²) >= 11 is 5.89. The fraction of sp³-hybridized carbons (Fsp3) is 0.200. The quantitative estimate of drug-likeness (QED) is 0.784. The minimum absolute atomic E-state index is 0.108. The first-order valence-corrected chi connectivity index (χ1v) is 6.81. The Bertz CT molecular complexity index is 815. The number of benzene rings is 1. The van der Waals surface area contributed by atoms with Crippen LogP contribution in [0.5, 0.6) is 0 Å². The van der Waals surface area contributed by atoms with Crippen LogP contribution >= 0.6 is 11.6 Å². The topological polar surface area (TPSA) is 50.2 Å².